The fourth-order valence-electron chi connectivity index (χ4n) is 0.529. The summed E-state index contributed by atoms with van der Waals surface area (Å²) in [6.07, 6.45) is 0.785. The van der Waals surface area contributed by atoms with Gasteiger partial charge in [0.1, 0.15) is 5.60 Å². The van der Waals surface area contributed by atoms with Gasteiger partial charge in [-0.25, -0.2) is 0 Å². The summed E-state index contributed by atoms with van der Waals surface area (Å²) in [5.74, 6) is 0. The molecule has 0 spiro atoms. The molecule has 2 atom stereocenters. The second-order valence-corrected chi connectivity index (χ2v) is 2.73. The quantitative estimate of drug-likeness (QED) is 0.415. The molecule has 1 aliphatic carbocycles. The van der Waals surface area contributed by atoms with Crippen LogP contribution in [0.5, 0.6) is 0 Å². The Morgan fingerprint density at radius 3 is 2.62 bits per heavy atom. The van der Waals surface area contributed by atoms with Gasteiger partial charge in [-0.3, -0.25) is 4.79 Å². The van der Waals surface area contributed by atoms with Gasteiger partial charge in [0.2, 0.25) is 0 Å². The molecular weight excluding hydrogens is 128 g/mol. The fourth-order valence-corrected chi connectivity index (χ4v) is 0.887. The Morgan fingerprint density at radius 2 is 2.50 bits per heavy atom. The molecule has 0 saturated heterocycles. The first kappa shape index (κ1) is 5.89. The van der Waals surface area contributed by atoms with Gasteiger partial charge >= 0.3 is 0 Å². The minimum absolute atomic E-state index is 0.0349. The minimum atomic E-state index is -0.344. The van der Waals surface area contributed by atoms with Crippen molar-refractivity contribution in [2.24, 2.45) is 0 Å². The fraction of sp³-hybridized carbons (Fsp3) is 0.800. The van der Waals surface area contributed by atoms with Crippen LogP contribution in [0.3, 0.4) is 0 Å². The van der Waals surface area contributed by atoms with Crippen LogP contribution in [0.4, 0.5) is 0 Å². The Balaban J connectivity index is 2.35. The SMILES string of the molecule is CC1(OC=O)CC1Cl. The highest BCUT2D eigenvalue weighted by Crippen LogP contribution is 2.43. The molecule has 46 valence electrons. The normalized spacial score (nSPS) is 43.5. The molecule has 0 aromatic heterocycles. The van der Waals surface area contributed by atoms with E-state index in [-0.39, 0.29) is 11.0 Å². The Bertz CT molecular complexity index is 115. The summed E-state index contributed by atoms with van der Waals surface area (Å²) < 4.78 is 4.64. The number of carbonyl (C=O) groups is 1. The van der Waals surface area contributed by atoms with Crippen molar-refractivity contribution in [3.8, 4) is 0 Å². The number of ether oxygens (including phenoxy) is 1. The molecule has 0 N–H and O–H groups in total. The van der Waals surface area contributed by atoms with E-state index in [2.05, 4.69) is 4.74 Å². The summed E-state index contributed by atoms with van der Waals surface area (Å²) in [6, 6.07) is 0. The molecule has 1 fully saturated rings. The third kappa shape index (κ3) is 0.802. The number of hydrogen-bond donors (Lipinski definition) is 0. The molecule has 3 heteroatoms. The van der Waals surface area contributed by atoms with Crippen molar-refractivity contribution < 1.29 is 9.53 Å². The lowest BCUT2D eigenvalue weighted by Crippen LogP contribution is -2.10. The topological polar surface area (TPSA) is 26.3 Å². The van der Waals surface area contributed by atoms with Crippen LogP contribution in [-0.4, -0.2) is 17.5 Å². The molecule has 1 aliphatic rings. The van der Waals surface area contributed by atoms with Gasteiger partial charge in [-0.1, -0.05) is 0 Å². The first-order valence-electron chi connectivity index (χ1n) is 2.44. The third-order valence-corrected chi connectivity index (χ3v) is 2.02. The number of alkyl halides is 1. The average Bonchev–Trinajstić information content (AvgIpc) is 2.16. The molecule has 1 saturated carbocycles. The Labute approximate surface area is 52.8 Å². The van der Waals surface area contributed by atoms with Gasteiger partial charge in [-0.2, -0.15) is 0 Å². The maximum absolute atomic E-state index is 9.73. The van der Waals surface area contributed by atoms with Crippen molar-refractivity contribution in [2.75, 3.05) is 0 Å². The molecule has 0 aliphatic heterocycles. The van der Waals surface area contributed by atoms with E-state index in [1.54, 1.807) is 0 Å². The molecule has 8 heavy (non-hydrogen) atoms. The maximum atomic E-state index is 9.73. The molecule has 0 radical (unpaired) electrons. The second kappa shape index (κ2) is 1.62. The first-order valence-corrected chi connectivity index (χ1v) is 2.88. The van der Waals surface area contributed by atoms with Gasteiger partial charge in [-0.05, 0) is 6.92 Å². The van der Waals surface area contributed by atoms with Crippen LogP contribution in [-0.2, 0) is 9.53 Å². The van der Waals surface area contributed by atoms with E-state index >= 15 is 0 Å². The lowest BCUT2D eigenvalue weighted by Gasteiger charge is -2.03. The summed E-state index contributed by atoms with van der Waals surface area (Å²) in [5.41, 5.74) is -0.344. The van der Waals surface area contributed by atoms with E-state index in [0.29, 0.717) is 6.47 Å². The predicted molar refractivity (Wildman–Crippen MR) is 29.8 cm³/mol. The van der Waals surface area contributed by atoms with Gasteiger partial charge < -0.3 is 4.74 Å². The summed E-state index contributed by atoms with van der Waals surface area (Å²) in [6.45, 7) is 2.27. The standard InChI is InChI=1S/C5H7ClO2/c1-5(8-3-7)2-4(5)6/h3-4H,2H2,1H3. The minimum Gasteiger partial charge on any atom is -0.460 e. The number of carbonyl (C=O) groups excluding carboxylic acids is 1. The van der Waals surface area contributed by atoms with E-state index in [0.717, 1.165) is 6.42 Å². The van der Waals surface area contributed by atoms with E-state index < -0.39 is 0 Å². The van der Waals surface area contributed by atoms with Crippen molar-refractivity contribution >= 4 is 18.1 Å². The van der Waals surface area contributed by atoms with Crippen LogP contribution < -0.4 is 0 Å². The Morgan fingerprint density at radius 1 is 2.00 bits per heavy atom. The second-order valence-electron chi connectivity index (χ2n) is 2.20. The van der Waals surface area contributed by atoms with Crippen LogP contribution in [0, 0.1) is 0 Å². The highest BCUT2D eigenvalue weighted by Gasteiger charge is 2.51. The zero-order valence-corrected chi connectivity index (χ0v) is 5.31. The number of halogens is 1. The molecule has 0 heterocycles. The van der Waals surface area contributed by atoms with Crippen LogP contribution >= 0.6 is 11.6 Å². The Kier molecular flexibility index (Phi) is 1.19. The zero-order chi connectivity index (χ0) is 6.20. The molecule has 2 unspecified atom stereocenters. The summed E-state index contributed by atoms with van der Waals surface area (Å²) in [5, 5.41) is 0.0349. The van der Waals surface area contributed by atoms with Gasteiger partial charge in [0.15, 0.2) is 0 Å². The van der Waals surface area contributed by atoms with Crippen LogP contribution in [0.15, 0.2) is 0 Å². The molecule has 1 rings (SSSR count). The van der Waals surface area contributed by atoms with E-state index in [9.17, 15) is 4.79 Å². The molecular formula is C5H7ClO2. The summed E-state index contributed by atoms with van der Waals surface area (Å²) in [7, 11) is 0. The molecule has 0 aromatic rings. The molecule has 2 nitrogen and oxygen atoms in total. The lowest BCUT2D eigenvalue weighted by atomic mass is 10.4. The van der Waals surface area contributed by atoms with Gasteiger partial charge in [0, 0.05) is 6.42 Å². The summed E-state index contributed by atoms with van der Waals surface area (Å²) in [4.78, 5) is 9.73. The molecule has 0 bridgehead atoms. The Hall–Kier alpha value is -0.240. The van der Waals surface area contributed by atoms with E-state index in [4.69, 9.17) is 11.6 Å². The van der Waals surface area contributed by atoms with Gasteiger partial charge in [0.05, 0.1) is 5.38 Å². The van der Waals surface area contributed by atoms with Crippen LogP contribution in [0.2, 0.25) is 0 Å². The lowest BCUT2D eigenvalue weighted by molar-refractivity contribution is -0.134. The van der Waals surface area contributed by atoms with E-state index in [1.165, 1.54) is 0 Å². The van der Waals surface area contributed by atoms with Crippen molar-refractivity contribution in [3.63, 3.8) is 0 Å². The highest BCUT2D eigenvalue weighted by atomic mass is 35.5. The zero-order valence-electron chi connectivity index (χ0n) is 4.56. The highest BCUT2D eigenvalue weighted by molar-refractivity contribution is 6.23. The van der Waals surface area contributed by atoms with E-state index in [1.807, 2.05) is 6.92 Å². The number of hydrogen-bond acceptors (Lipinski definition) is 2. The smallest absolute Gasteiger partial charge is 0.293 e. The van der Waals surface area contributed by atoms with Crippen molar-refractivity contribution in [1.82, 2.24) is 0 Å². The number of rotatable bonds is 2. The molecule has 0 aromatic carbocycles. The van der Waals surface area contributed by atoms with Crippen molar-refractivity contribution in [1.29, 1.82) is 0 Å². The third-order valence-electron chi connectivity index (χ3n) is 1.40. The monoisotopic (exact) mass is 134 g/mol. The van der Waals surface area contributed by atoms with Crippen molar-refractivity contribution in [3.05, 3.63) is 0 Å². The van der Waals surface area contributed by atoms with Gasteiger partial charge in [0.25, 0.3) is 6.47 Å². The van der Waals surface area contributed by atoms with Gasteiger partial charge in [-0.15, -0.1) is 11.6 Å². The maximum Gasteiger partial charge on any atom is 0.293 e. The largest absolute Gasteiger partial charge is 0.460 e. The summed E-state index contributed by atoms with van der Waals surface area (Å²) >= 11 is 5.59. The van der Waals surface area contributed by atoms with Crippen molar-refractivity contribution in [2.45, 2.75) is 24.3 Å². The van der Waals surface area contributed by atoms with Crippen LogP contribution in [0.1, 0.15) is 13.3 Å². The first-order chi connectivity index (χ1) is 3.69. The van der Waals surface area contributed by atoms with Crippen LogP contribution in [0.25, 0.3) is 0 Å². The molecule has 0 amide bonds. The predicted octanol–water partition coefficient (Wildman–Crippen LogP) is 0.929. The average molecular weight is 135 g/mol.